The molecule has 0 unspecified atom stereocenters. The second-order valence-corrected chi connectivity index (χ2v) is 4.83. The number of halogens is 2. The molecular formula is C16H17F2NO. The third-order valence-electron chi connectivity index (χ3n) is 3.16. The molecule has 1 atom stereocenters. The van der Waals surface area contributed by atoms with Crippen LogP contribution >= 0.6 is 0 Å². The summed E-state index contributed by atoms with van der Waals surface area (Å²) >= 11 is 0. The molecule has 2 aromatic carbocycles. The highest BCUT2D eigenvalue weighted by atomic mass is 19.1. The van der Waals surface area contributed by atoms with Crippen LogP contribution in [0.25, 0.3) is 0 Å². The highest BCUT2D eigenvalue weighted by Crippen LogP contribution is 2.26. The van der Waals surface area contributed by atoms with E-state index in [9.17, 15) is 8.78 Å². The molecule has 0 saturated heterocycles. The van der Waals surface area contributed by atoms with Gasteiger partial charge >= 0.3 is 0 Å². The van der Waals surface area contributed by atoms with E-state index in [1.807, 2.05) is 6.92 Å². The Bertz CT molecular complexity index is 611. The predicted octanol–water partition coefficient (Wildman–Crippen LogP) is 3.87. The van der Waals surface area contributed by atoms with Crippen molar-refractivity contribution in [2.24, 2.45) is 5.73 Å². The normalized spacial score (nSPS) is 12.2. The van der Waals surface area contributed by atoms with Crippen LogP contribution in [0.2, 0.25) is 0 Å². The average Bonchev–Trinajstić information content (AvgIpc) is 2.39. The molecule has 2 nitrogen and oxygen atoms in total. The highest BCUT2D eigenvalue weighted by molar-refractivity contribution is 5.36. The molecule has 0 amide bonds. The standard InChI is InChI=1S/C16H17F2NO/c1-10-3-4-13(17)7-12(10)9-20-16-8-14(18)5-6-15(16)11(2)19/h3-8,11H,9,19H2,1-2H3/t11-/m0/s1. The minimum absolute atomic E-state index is 0.173. The number of nitrogens with two attached hydrogens (primary N) is 1. The number of benzene rings is 2. The van der Waals surface area contributed by atoms with Crippen LogP contribution in [0, 0.1) is 18.6 Å². The molecule has 20 heavy (non-hydrogen) atoms. The molecule has 0 aliphatic heterocycles. The molecule has 4 heteroatoms. The van der Waals surface area contributed by atoms with E-state index in [-0.39, 0.29) is 24.3 Å². The van der Waals surface area contributed by atoms with Crippen LogP contribution in [0.15, 0.2) is 36.4 Å². The van der Waals surface area contributed by atoms with Crippen molar-refractivity contribution in [3.63, 3.8) is 0 Å². The molecule has 0 bridgehead atoms. The Morgan fingerprint density at radius 3 is 2.45 bits per heavy atom. The van der Waals surface area contributed by atoms with Crippen LogP contribution in [0.4, 0.5) is 8.78 Å². The lowest BCUT2D eigenvalue weighted by atomic mass is 10.1. The lowest BCUT2D eigenvalue weighted by Gasteiger charge is -2.15. The summed E-state index contributed by atoms with van der Waals surface area (Å²) < 4.78 is 32.1. The first-order valence-corrected chi connectivity index (χ1v) is 6.40. The molecule has 0 aliphatic carbocycles. The summed E-state index contributed by atoms with van der Waals surface area (Å²) in [6.45, 7) is 3.84. The van der Waals surface area contributed by atoms with E-state index in [4.69, 9.17) is 10.5 Å². The molecule has 0 aromatic heterocycles. The molecule has 0 fully saturated rings. The number of aryl methyl sites for hydroxylation is 1. The van der Waals surface area contributed by atoms with Gasteiger partial charge < -0.3 is 10.5 Å². The van der Waals surface area contributed by atoms with Crippen LogP contribution in [-0.4, -0.2) is 0 Å². The quantitative estimate of drug-likeness (QED) is 0.920. The Morgan fingerprint density at radius 2 is 1.75 bits per heavy atom. The summed E-state index contributed by atoms with van der Waals surface area (Å²) in [6.07, 6.45) is 0. The van der Waals surface area contributed by atoms with E-state index in [1.54, 1.807) is 19.1 Å². The van der Waals surface area contributed by atoms with Gasteiger partial charge in [0, 0.05) is 17.7 Å². The average molecular weight is 277 g/mol. The van der Waals surface area contributed by atoms with E-state index in [2.05, 4.69) is 0 Å². The van der Waals surface area contributed by atoms with Crippen molar-refractivity contribution in [1.82, 2.24) is 0 Å². The maximum Gasteiger partial charge on any atom is 0.127 e. The fraction of sp³-hybridized carbons (Fsp3) is 0.250. The second kappa shape index (κ2) is 6.01. The van der Waals surface area contributed by atoms with E-state index in [1.165, 1.54) is 24.3 Å². The molecule has 0 saturated carbocycles. The van der Waals surface area contributed by atoms with Crippen LogP contribution in [0.3, 0.4) is 0 Å². The SMILES string of the molecule is Cc1ccc(F)cc1COc1cc(F)ccc1[C@H](C)N. The molecular weight excluding hydrogens is 260 g/mol. The largest absolute Gasteiger partial charge is 0.488 e. The summed E-state index contributed by atoms with van der Waals surface area (Å²) in [5, 5.41) is 0. The van der Waals surface area contributed by atoms with Gasteiger partial charge in [-0.05, 0) is 43.2 Å². The zero-order valence-corrected chi connectivity index (χ0v) is 11.5. The van der Waals surface area contributed by atoms with Crippen molar-refractivity contribution >= 4 is 0 Å². The lowest BCUT2D eigenvalue weighted by Crippen LogP contribution is -2.09. The summed E-state index contributed by atoms with van der Waals surface area (Å²) in [4.78, 5) is 0. The minimum atomic E-state index is -0.389. The smallest absolute Gasteiger partial charge is 0.127 e. The van der Waals surface area contributed by atoms with Crippen LogP contribution in [-0.2, 0) is 6.61 Å². The summed E-state index contributed by atoms with van der Waals surface area (Å²) in [6, 6.07) is 8.49. The first-order chi connectivity index (χ1) is 9.47. The van der Waals surface area contributed by atoms with Crippen molar-refractivity contribution < 1.29 is 13.5 Å². The van der Waals surface area contributed by atoms with Gasteiger partial charge in [-0.2, -0.15) is 0 Å². The van der Waals surface area contributed by atoms with Gasteiger partial charge in [0.05, 0.1) is 0 Å². The Labute approximate surface area is 117 Å². The zero-order chi connectivity index (χ0) is 14.7. The Kier molecular flexibility index (Phi) is 4.35. The maximum absolute atomic E-state index is 13.3. The molecule has 0 radical (unpaired) electrons. The number of hydrogen-bond donors (Lipinski definition) is 1. The van der Waals surface area contributed by atoms with Crippen molar-refractivity contribution in [3.05, 3.63) is 64.7 Å². The zero-order valence-electron chi connectivity index (χ0n) is 11.5. The van der Waals surface area contributed by atoms with E-state index in [0.29, 0.717) is 5.75 Å². The van der Waals surface area contributed by atoms with Crippen molar-refractivity contribution in [3.8, 4) is 5.75 Å². The Hall–Kier alpha value is -1.94. The third-order valence-corrected chi connectivity index (χ3v) is 3.16. The molecule has 2 N–H and O–H groups in total. The van der Waals surface area contributed by atoms with Crippen molar-refractivity contribution in [2.75, 3.05) is 0 Å². The number of ether oxygens (including phenoxy) is 1. The van der Waals surface area contributed by atoms with E-state index in [0.717, 1.165) is 16.7 Å². The van der Waals surface area contributed by atoms with Gasteiger partial charge in [-0.1, -0.05) is 12.1 Å². The molecule has 0 heterocycles. The first kappa shape index (κ1) is 14.5. The first-order valence-electron chi connectivity index (χ1n) is 6.40. The molecule has 0 aliphatic rings. The van der Waals surface area contributed by atoms with Crippen molar-refractivity contribution in [1.29, 1.82) is 0 Å². The third kappa shape index (κ3) is 3.33. The van der Waals surface area contributed by atoms with Crippen LogP contribution < -0.4 is 10.5 Å². The molecule has 2 aromatic rings. The second-order valence-electron chi connectivity index (χ2n) is 4.83. The van der Waals surface area contributed by atoms with Gasteiger partial charge in [0.15, 0.2) is 0 Å². The van der Waals surface area contributed by atoms with Gasteiger partial charge in [-0.25, -0.2) is 8.78 Å². The fourth-order valence-electron chi connectivity index (χ4n) is 1.96. The molecule has 2 rings (SSSR count). The van der Waals surface area contributed by atoms with Gasteiger partial charge in [-0.15, -0.1) is 0 Å². The Balaban J connectivity index is 2.22. The van der Waals surface area contributed by atoms with Gasteiger partial charge in [0.1, 0.15) is 24.0 Å². The lowest BCUT2D eigenvalue weighted by molar-refractivity contribution is 0.298. The van der Waals surface area contributed by atoms with E-state index >= 15 is 0 Å². The molecule has 0 spiro atoms. The predicted molar refractivity (Wildman–Crippen MR) is 74.5 cm³/mol. The number of rotatable bonds is 4. The van der Waals surface area contributed by atoms with Crippen LogP contribution in [0.1, 0.15) is 29.7 Å². The van der Waals surface area contributed by atoms with E-state index < -0.39 is 0 Å². The Morgan fingerprint density at radius 1 is 1.10 bits per heavy atom. The monoisotopic (exact) mass is 277 g/mol. The van der Waals surface area contributed by atoms with Crippen LogP contribution in [0.5, 0.6) is 5.75 Å². The minimum Gasteiger partial charge on any atom is -0.488 e. The topological polar surface area (TPSA) is 35.2 Å². The molecule has 106 valence electrons. The summed E-state index contributed by atoms with van der Waals surface area (Å²) in [7, 11) is 0. The van der Waals surface area contributed by atoms with Gasteiger partial charge in [0.2, 0.25) is 0 Å². The van der Waals surface area contributed by atoms with Gasteiger partial charge in [-0.3, -0.25) is 0 Å². The summed E-state index contributed by atoms with van der Waals surface area (Å²) in [5.41, 5.74) is 8.20. The fourth-order valence-corrected chi connectivity index (χ4v) is 1.96. The maximum atomic E-state index is 13.3. The highest BCUT2D eigenvalue weighted by Gasteiger charge is 2.10. The number of hydrogen-bond acceptors (Lipinski definition) is 2. The van der Waals surface area contributed by atoms with Crippen molar-refractivity contribution in [2.45, 2.75) is 26.5 Å². The summed E-state index contributed by atoms with van der Waals surface area (Å²) in [5.74, 6) is -0.315. The van der Waals surface area contributed by atoms with Gasteiger partial charge in [0.25, 0.3) is 0 Å².